The number of methoxy groups -OCH3 is 1. The van der Waals surface area contributed by atoms with Crippen molar-refractivity contribution < 1.29 is 4.74 Å². The van der Waals surface area contributed by atoms with Crippen molar-refractivity contribution in [3.63, 3.8) is 0 Å². The highest BCUT2D eigenvalue weighted by Crippen LogP contribution is 2.21. The molecule has 0 bridgehead atoms. The Balaban J connectivity index is 1.81. The van der Waals surface area contributed by atoms with Gasteiger partial charge >= 0.3 is 0 Å². The minimum Gasteiger partial charge on any atom is -0.497 e. The molecule has 0 saturated heterocycles. The predicted octanol–water partition coefficient (Wildman–Crippen LogP) is 3.70. The summed E-state index contributed by atoms with van der Waals surface area (Å²) in [5.74, 6) is 0.888. The van der Waals surface area contributed by atoms with Crippen LogP contribution in [-0.2, 0) is 13.1 Å². The van der Waals surface area contributed by atoms with E-state index in [0.29, 0.717) is 0 Å². The minimum absolute atomic E-state index is 0.839. The molecule has 0 atom stereocenters. The summed E-state index contributed by atoms with van der Waals surface area (Å²) in [5.41, 5.74) is 1.24. The molecule has 4 heteroatoms. The second kappa shape index (κ2) is 6.05. The monoisotopic (exact) mass is 267 g/mol. The van der Waals surface area contributed by atoms with Gasteiger partial charge in [0.25, 0.3) is 0 Å². The number of benzene rings is 1. The summed E-state index contributed by atoms with van der Waals surface area (Å²) in [6, 6.07) is 12.0. The molecule has 0 fully saturated rings. The van der Waals surface area contributed by atoms with Gasteiger partial charge in [0.2, 0.25) is 0 Å². The molecular weight excluding hydrogens is 254 g/mol. The molecule has 2 nitrogen and oxygen atoms in total. The maximum atomic E-state index is 5.87. The molecule has 90 valence electrons. The number of thiophene rings is 1. The Morgan fingerprint density at radius 1 is 1.12 bits per heavy atom. The Morgan fingerprint density at radius 3 is 2.47 bits per heavy atom. The van der Waals surface area contributed by atoms with Crippen molar-refractivity contribution in [3.05, 3.63) is 51.2 Å². The van der Waals surface area contributed by atoms with Crippen molar-refractivity contribution >= 4 is 22.9 Å². The van der Waals surface area contributed by atoms with E-state index in [1.165, 1.54) is 10.4 Å². The van der Waals surface area contributed by atoms with Crippen molar-refractivity contribution in [2.45, 2.75) is 13.1 Å². The van der Waals surface area contributed by atoms with Crippen LogP contribution in [0.1, 0.15) is 10.4 Å². The molecule has 1 N–H and O–H groups in total. The molecule has 0 spiro atoms. The highest BCUT2D eigenvalue weighted by atomic mass is 35.5. The maximum Gasteiger partial charge on any atom is 0.118 e. The van der Waals surface area contributed by atoms with Crippen molar-refractivity contribution in [2.75, 3.05) is 7.11 Å². The lowest BCUT2D eigenvalue weighted by Gasteiger charge is -2.04. The number of ether oxygens (including phenoxy) is 1. The Bertz CT molecular complexity index is 467. The SMILES string of the molecule is COc1ccc(CNCc2ccc(Cl)s2)cc1. The van der Waals surface area contributed by atoms with Crippen LogP contribution in [0.25, 0.3) is 0 Å². The number of nitrogens with one attached hydrogen (secondary N) is 1. The first-order valence-corrected chi connectivity index (χ1v) is 6.55. The molecule has 2 rings (SSSR count). The molecule has 2 aromatic rings. The fourth-order valence-corrected chi connectivity index (χ4v) is 2.58. The third-order valence-corrected chi connectivity index (χ3v) is 3.65. The molecule has 0 amide bonds. The van der Waals surface area contributed by atoms with Gasteiger partial charge in [0, 0.05) is 18.0 Å². The van der Waals surface area contributed by atoms with Crippen LogP contribution < -0.4 is 10.1 Å². The van der Waals surface area contributed by atoms with Crippen LogP contribution in [0.5, 0.6) is 5.75 Å². The van der Waals surface area contributed by atoms with Gasteiger partial charge in [-0.25, -0.2) is 0 Å². The van der Waals surface area contributed by atoms with Crippen LogP contribution in [-0.4, -0.2) is 7.11 Å². The van der Waals surface area contributed by atoms with Gasteiger partial charge in [0.1, 0.15) is 5.75 Å². The first-order valence-electron chi connectivity index (χ1n) is 5.36. The van der Waals surface area contributed by atoms with E-state index in [-0.39, 0.29) is 0 Å². The Morgan fingerprint density at radius 2 is 1.88 bits per heavy atom. The van der Waals surface area contributed by atoms with Gasteiger partial charge in [-0.2, -0.15) is 0 Å². The van der Waals surface area contributed by atoms with Gasteiger partial charge in [-0.3, -0.25) is 0 Å². The third-order valence-electron chi connectivity index (χ3n) is 2.42. The summed E-state index contributed by atoms with van der Waals surface area (Å²) >= 11 is 7.48. The van der Waals surface area contributed by atoms with Crippen molar-refractivity contribution in [2.24, 2.45) is 0 Å². The standard InChI is InChI=1S/C13H14ClNOS/c1-16-11-4-2-10(3-5-11)8-15-9-12-6-7-13(14)17-12/h2-7,15H,8-9H2,1H3. The molecule has 0 aliphatic carbocycles. The zero-order valence-electron chi connectivity index (χ0n) is 9.57. The fraction of sp³-hybridized carbons (Fsp3) is 0.231. The van der Waals surface area contributed by atoms with Gasteiger partial charge in [-0.15, -0.1) is 11.3 Å². The van der Waals surface area contributed by atoms with Crippen molar-refractivity contribution in [1.29, 1.82) is 0 Å². The lowest BCUT2D eigenvalue weighted by atomic mass is 10.2. The van der Waals surface area contributed by atoms with E-state index < -0.39 is 0 Å². The lowest BCUT2D eigenvalue weighted by molar-refractivity contribution is 0.414. The van der Waals surface area contributed by atoms with E-state index in [1.54, 1.807) is 18.4 Å². The number of halogens is 1. The van der Waals surface area contributed by atoms with Gasteiger partial charge in [0.15, 0.2) is 0 Å². The highest BCUT2D eigenvalue weighted by Gasteiger charge is 1.98. The topological polar surface area (TPSA) is 21.3 Å². The largest absolute Gasteiger partial charge is 0.497 e. The van der Waals surface area contributed by atoms with Gasteiger partial charge in [-0.1, -0.05) is 23.7 Å². The van der Waals surface area contributed by atoms with Gasteiger partial charge < -0.3 is 10.1 Å². The van der Waals surface area contributed by atoms with Crippen LogP contribution >= 0.6 is 22.9 Å². The van der Waals surface area contributed by atoms with Crippen LogP contribution in [0.3, 0.4) is 0 Å². The van der Waals surface area contributed by atoms with E-state index in [1.807, 2.05) is 24.3 Å². The smallest absolute Gasteiger partial charge is 0.118 e. The molecule has 1 aromatic carbocycles. The normalized spacial score (nSPS) is 10.5. The van der Waals surface area contributed by atoms with Crippen LogP contribution in [0, 0.1) is 0 Å². The molecule has 1 aromatic heterocycles. The molecule has 17 heavy (non-hydrogen) atoms. The zero-order valence-corrected chi connectivity index (χ0v) is 11.1. The Labute approximate surface area is 110 Å². The molecule has 0 saturated carbocycles. The van der Waals surface area contributed by atoms with E-state index in [2.05, 4.69) is 17.4 Å². The van der Waals surface area contributed by atoms with Crippen LogP contribution in [0.2, 0.25) is 4.34 Å². The summed E-state index contributed by atoms with van der Waals surface area (Å²) in [6.07, 6.45) is 0. The average molecular weight is 268 g/mol. The number of hydrogen-bond donors (Lipinski definition) is 1. The summed E-state index contributed by atoms with van der Waals surface area (Å²) in [4.78, 5) is 1.25. The third kappa shape index (κ3) is 3.73. The zero-order chi connectivity index (χ0) is 12.1. The fourth-order valence-electron chi connectivity index (χ4n) is 1.52. The average Bonchev–Trinajstić information content (AvgIpc) is 2.76. The first kappa shape index (κ1) is 12.4. The van der Waals surface area contributed by atoms with Crippen LogP contribution in [0.4, 0.5) is 0 Å². The highest BCUT2D eigenvalue weighted by molar-refractivity contribution is 7.16. The summed E-state index contributed by atoms with van der Waals surface area (Å²) in [5, 5.41) is 3.38. The van der Waals surface area contributed by atoms with Gasteiger partial charge in [0.05, 0.1) is 11.4 Å². The van der Waals surface area contributed by atoms with Crippen LogP contribution in [0.15, 0.2) is 36.4 Å². The van der Waals surface area contributed by atoms with E-state index in [9.17, 15) is 0 Å². The van der Waals surface area contributed by atoms with Crippen molar-refractivity contribution in [1.82, 2.24) is 5.32 Å². The molecule has 0 radical (unpaired) electrons. The Kier molecular flexibility index (Phi) is 4.42. The number of rotatable bonds is 5. The van der Waals surface area contributed by atoms with E-state index in [0.717, 1.165) is 23.2 Å². The minimum atomic E-state index is 0.839. The summed E-state index contributed by atoms with van der Waals surface area (Å²) in [7, 11) is 1.67. The lowest BCUT2D eigenvalue weighted by Crippen LogP contribution is -2.11. The molecule has 0 aliphatic heterocycles. The molecule has 1 heterocycles. The Hall–Kier alpha value is -1.03. The molecular formula is C13H14ClNOS. The quantitative estimate of drug-likeness (QED) is 0.892. The van der Waals surface area contributed by atoms with E-state index in [4.69, 9.17) is 16.3 Å². The summed E-state index contributed by atoms with van der Waals surface area (Å²) < 4.78 is 5.95. The van der Waals surface area contributed by atoms with Gasteiger partial charge in [-0.05, 0) is 29.8 Å². The number of hydrogen-bond acceptors (Lipinski definition) is 3. The first-order chi connectivity index (χ1) is 8.28. The summed E-state index contributed by atoms with van der Waals surface area (Å²) in [6.45, 7) is 1.70. The van der Waals surface area contributed by atoms with Crippen molar-refractivity contribution in [3.8, 4) is 5.75 Å². The molecule has 0 unspecified atom stereocenters. The molecule has 0 aliphatic rings. The maximum absolute atomic E-state index is 5.87. The predicted molar refractivity (Wildman–Crippen MR) is 72.9 cm³/mol. The second-order valence-corrected chi connectivity index (χ2v) is 5.46. The second-order valence-electron chi connectivity index (χ2n) is 3.66. The van der Waals surface area contributed by atoms with E-state index >= 15 is 0 Å².